The molecule has 2 atom stereocenters. The van der Waals surface area contributed by atoms with E-state index >= 15 is 0 Å². The first kappa shape index (κ1) is 10.5. The Morgan fingerprint density at radius 3 is 2.69 bits per heavy atom. The normalized spacial score (nSPS) is 34.8. The SMILES string of the molecule is CC(=O)N1CCC(C)(CO)CC1C. The monoisotopic (exact) mass is 185 g/mol. The number of rotatable bonds is 1. The number of aliphatic hydroxyl groups is 1. The molecule has 1 fully saturated rings. The predicted octanol–water partition coefficient (Wildman–Crippen LogP) is 1.02. The molecule has 0 aromatic rings. The smallest absolute Gasteiger partial charge is 0.219 e. The van der Waals surface area contributed by atoms with Gasteiger partial charge in [0.15, 0.2) is 0 Å². The van der Waals surface area contributed by atoms with Gasteiger partial charge >= 0.3 is 0 Å². The molecule has 1 aliphatic rings. The van der Waals surface area contributed by atoms with Gasteiger partial charge in [0.2, 0.25) is 5.91 Å². The third-order valence-electron chi connectivity index (χ3n) is 3.06. The number of hydrogen-bond acceptors (Lipinski definition) is 2. The van der Waals surface area contributed by atoms with E-state index < -0.39 is 0 Å². The van der Waals surface area contributed by atoms with Crippen LogP contribution in [0.5, 0.6) is 0 Å². The molecule has 0 bridgehead atoms. The third kappa shape index (κ3) is 2.21. The van der Waals surface area contributed by atoms with Crippen LogP contribution < -0.4 is 0 Å². The first-order chi connectivity index (χ1) is 5.98. The van der Waals surface area contributed by atoms with Crippen molar-refractivity contribution in [3.63, 3.8) is 0 Å². The number of carbonyl (C=O) groups excluding carboxylic acids is 1. The Hall–Kier alpha value is -0.570. The van der Waals surface area contributed by atoms with E-state index in [-0.39, 0.29) is 24.0 Å². The quantitative estimate of drug-likeness (QED) is 0.662. The van der Waals surface area contributed by atoms with Crippen molar-refractivity contribution in [3.05, 3.63) is 0 Å². The van der Waals surface area contributed by atoms with E-state index in [1.165, 1.54) is 0 Å². The van der Waals surface area contributed by atoms with Gasteiger partial charge in [-0.1, -0.05) is 6.92 Å². The molecule has 1 aliphatic heterocycles. The van der Waals surface area contributed by atoms with Gasteiger partial charge < -0.3 is 10.0 Å². The Kier molecular flexibility index (Phi) is 2.96. The van der Waals surface area contributed by atoms with Gasteiger partial charge in [0.1, 0.15) is 0 Å². The summed E-state index contributed by atoms with van der Waals surface area (Å²) in [6.07, 6.45) is 1.82. The second-order valence-corrected chi connectivity index (χ2v) is 4.48. The Morgan fingerprint density at radius 1 is 1.69 bits per heavy atom. The molecule has 1 amide bonds. The average molecular weight is 185 g/mol. The largest absolute Gasteiger partial charge is 0.396 e. The van der Waals surface area contributed by atoms with Crippen molar-refractivity contribution in [1.29, 1.82) is 0 Å². The van der Waals surface area contributed by atoms with Crippen molar-refractivity contribution in [2.75, 3.05) is 13.2 Å². The maximum absolute atomic E-state index is 11.2. The summed E-state index contributed by atoms with van der Waals surface area (Å²) >= 11 is 0. The van der Waals surface area contributed by atoms with E-state index in [1.54, 1.807) is 6.92 Å². The number of hydrogen-bond donors (Lipinski definition) is 1. The Balaban J connectivity index is 2.61. The van der Waals surface area contributed by atoms with Gasteiger partial charge in [0.05, 0.1) is 0 Å². The topological polar surface area (TPSA) is 40.5 Å². The second-order valence-electron chi connectivity index (χ2n) is 4.48. The molecule has 1 heterocycles. The highest BCUT2D eigenvalue weighted by molar-refractivity contribution is 5.73. The van der Waals surface area contributed by atoms with Crippen LogP contribution in [0.1, 0.15) is 33.6 Å². The molecule has 0 aromatic heterocycles. The second kappa shape index (κ2) is 3.66. The first-order valence-corrected chi connectivity index (χ1v) is 4.86. The zero-order chi connectivity index (χ0) is 10.1. The summed E-state index contributed by atoms with van der Waals surface area (Å²) in [7, 11) is 0. The van der Waals surface area contributed by atoms with Crippen LogP contribution in [0.15, 0.2) is 0 Å². The van der Waals surface area contributed by atoms with Crippen LogP contribution in [-0.2, 0) is 4.79 Å². The summed E-state index contributed by atoms with van der Waals surface area (Å²) in [5.41, 5.74) is 0.0192. The van der Waals surface area contributed by atoms with E-state index in [0.717, 1.165) is 19.4 Å². The molecule has 3 nitrogen and oxygen atoms in total. The molecule has 0 radical (unpaired) electrons. The minimum Gasteiger partial charge on any atom is -0.396 e. The summed E-state index contributed by atoms with van der Waals surface area (Å²) in [4.78, 5) is 13.1. The zero-order valence-corrected chi connectivity index (χ0v) is 8.71. The van der Waals surface area contributed by atoms with Crippen LogP contribution in [0, 0.1) is 5.41 Å². The third-order valence-corrected chi connectivity index (χ3v) is 3.06. The molecule has 0 spiro atoms. The van der Waals surface area contributed by atoms with Gasteiger partial charge in [0.25, 0.3) is 0 Å². The van der Waals surface area contributed by atoms with E-state index in [4.69, 9.17) is 0 Å². The van der Waals surface area contributed by atoms with Crippen LogP contribution in [0.2, 0.25) is 0 Å². The molecule has 1 rings (SSSR count). The summed E-state index contributed by atoms with van der Waals surface area (Å²) in [5, 5.41) is 9.19. The average Bonchev–Trinajstić information content (AvgIpc) is 2.03. The van der Waals surface area contributed by atoms with Crippen molar-refractivity contribution in [3.8, 4) is 0 Å². The summed E-state index contributed by atoms with van der Waals surface area (Å²) < 4.78 is 0. The maximum Gasteiger partial charge on any atom is 0.219 e. The molecule has 0 aliphatic carbocycles. The minimum atomic E-state index is 0.0192. The minimum absolute atomic E-state index is 0.0192. The number of aliphatic hydroxyl groups excluding tert-OH is 1. The first-order valence-electron chi connectivity index (χ1n) is 4.86. The lowest BCUT2D eigenvalue weighted by molar-refractivity contribution is -0.134. The molecule has 1 N–H and O–H groups in total. The van der Waals surface area contributed by atoms with Gasteiger partial charge in [-0.2, -0.15) is 0 Å². The highest BCUT2D eigenvalue weighted by Gasteiger charge is 2.34. The van der Waals surface area contributed by atoms with Gasteiger partial charge in [-0.15, -0.1) is 0 Å². The van der Waals surface area contributed by atoms with Crippen molar-refractivity contribution in [1.82, 2.24) is 4.90 Å². The Morgan fingerprint density at radius 2 is 2.31 bits per heavy atom. The van der Waals surface area contributed by atoms with Crippen molar-refractivity contribution < 1.29 is 9.90 Å². The highest BCUT2D eigenvalue weighted by Crippen LogP contribution is 2.33. The fourth-order valence-corrected chi connectivity index (χ4v) is 2.15. The fourth-order valence-electron chi connectivity index (χ4n) is 2.15. The molecular weight excluding hydrogens is 166 g/mol. The van der Waals surface area contributed by atoms with Crippen LogP contribution in [0.4, 0.5) is 0 Å². The molecule has 3 heteroatoms. The van der Waals surface area contributed by atoms with Gasteiger partial charge in [0, 0.05) is 26.1 Å². The number of piperidine rings is 1. The fraction of sp³-hybridized carbons (Fsp3) is 0.900. The zero-order valence-electron chi connectivity index (χ0n) is 8.71. The summed E-state index contributed by atoms with van der Waals surface area (Å²) in [5.74, 6) is 0.146. The maximum atomic E-state index is 11.2. The summed E-state index contributed by atoms with van der Waals surface area (Å²) in [6.45, 7) is 6.75. The van der Waals surface area contributed by atoms with E-state index in [2.05, 4.69) is 13.8 Å². The predicted molar refractivity (Wildman–Crippen MR) is 51.3 cm³/mol. The highest BCUT2D eigenvalue weighted by atomic mass is 16.3. The van der Waals surface area contributed by atoms with Crippen LogP contribution in [0.25, 0.3) is 0 Å². The molecule has 76 valence electrons. The van der Waals surface area contributed by atoms with Crippen molar-refractivity contribution >= 4 is 5.91 Å². The standard InChI is InChI=1S/C10H19NO2/c1-8-6-10(3,7-12)4-5-11(8)9(2)13/h8,12H,4-7H2,1-3H3. The number of likely N-dealkylation sites (tertiary alicyclic amines) is 1. The molecule has 13 heavy (non-hydrogen) atoms. The van der Waals surface area contributed by atoms with E-state index in [9.17, 15) is 9.90 Å². The Bertz CT molecular complexity index is 205. The number of nitrogens with zero attached hydrogens (tertiary/aromatic N) is 1. The number of amides is 1. The van der Waals surface area contributed by atoms with E-state index in [0.29, 0.717) is 0 Å². The molecular formula is C10H19NO2. The lowest BCUT2D eigenvalue weighted by atomic mass is 9.78. The Labute approximate surface area is 79.7 Å². The van der Waals surface area contributed by atoms with Gasteiger partial charge in [-0.05, 0) is 25.2 Å². The summed E-state index contributed by atoms with van der Waals surface area (Å²) in [6, 6.07) is 0.267. The van der Waals surface area contributed by atoms with Gasteiger partial charge in [-0.25, -0.2) is 0 Å². The molecule has 1 saturated heterocycles. The molecule has 2 unspecified atom stereocenters. The van der Waals surface area contributed by atoms with Crippen LogP contribution >= 0.6 is 0 Å². The molecule has 0 saturated carbocycles. The van der Waals surface area contributed by atoms with Crippen LogP contribution in [0.3, 0.4) is 0 Å². The van der Waals surface area contributed by atoms with Crippen LogP contribution in [-0.4, -0.2) is 35.1 Å². The lowest BCUT2D eigenvalue weighted by Gasteiger charge is -2.42. The number of carbonyl (C=O) groups is 1. The van der Waals surface area contributed by atoms with Crippen molar-refractivity contribution in [2.24, 2.45) is 5.41 Å². The van der Waals surface area contributed by atoms with Gasteiger partial charge in [-0.3, -0.25) is 4.79 Å². The van der Waals surface area contributed by atoms with E-state index in [1.807, 2.05) is 4.90 Å². The lowest BCUT2D eigenvalue weighted by Crippen LogP contribution is -2.47. The molecule has 0 aromatic carbocycles. The van der Waals surface area contributed by atoms with Crippen molar-refractivity contribution in [2.45, 2.75) is 39.7 Å².